The number of hydrogen-bond donors (Lipinski definition) is 1. The van der Waals surface area contributed by atoms with Gasteiger partial charge in [0.1, 0.15) is 0 Å². The first-order valence-electron chi connectivity index (χ1n) is 7.26. The molecular weight excluding hydrogens is 266 g/mol. The number of methoxy groups -OCH3 is 1. The molecule has 1 N–H and O–H groups in total. The van der Waals surface area contributed by atoms with Crippen LogP contribution in [-0.2, 0) is 9.53 Å². The maximum absolute atomic E-state index is 11.9. The first kappa shape index (κ1) is 15.5. The molecule has 112 valence electrons. The molecule has 1 aliphatic heterocycles. The Labute approximate surface area is 125 Å². The number of likely N-dealkylation sites (tertiary alicyclic amines) is 1. The molecule has 21 heavy (non-hydrogen) atoms. The third-order valence-electron chi connectivity index (χ3n) is 3.80. The molecular formula is C16H21N3O2. The molecule has 2 rings (SSSR count). The second-order valence-corrected chi connectivity index (χ2v) is 5.27. The Balaban J connectivity index is 1.74. The van der Waals surface area contributed by atoms with Gasteiger partial charge in [-0.1, -0.05) is 6.07 Å². The summed E-state index contributed by atoms with van der Waals surface area (Å²) in [6.07, 6.45) is 2.89. The molecule has 0 saturated carbocycles. The molecule has 0 bridgehead atoms. The Bertz CT molecular complexity index is 516. The second kappa shape index (κ2) is 7.77. The smallest absolute Gasteiger partial charge is 0.225 e. The van der Waals surface area contributed by atoms with Crippen LogP contribution in [0.2, 0.25) is 0 Å². The van der Waals surface area contributed by atoms with Crippen LogP contribution < -0.4 is 5.32 Å². The Morgan fingerprint density at radius 1 is 1.48 bits per heavy atom. The maximum atomic E-state index is 11.9. The number of carbonyl (C=O) groups excluding carboxylic acids is 1. The van der Waals surface area contributed by atoms with Crippen molar-refractivity contribution in [1.82, 2.24) is 4.90 Å². The van der Waals surface area contributed by atoms with Gasteiger partial charge in [-0.05, 0) is 31.0 Å². The highest BCUT2D eigenvalue weighted by molar-refractivity contribution is 5.90. The van der Waals surface area contributed by atoms with Crippen molar-refractivity contribution in [2.45, 2.75) is 25.4 Å². The van der Waals surface area contributed by atoms with Crippen LogP contribution in [0.1, 0.15) is 24.8 Å². The van der Waals surface area contributed by atoms with Gasteiger partial charge < -0.3 is 15.0 Å². The summed E-state index contributed by atoms with van der Waals surface area (Å²) in [7, 11) is 1.75. The van der Waals surface area contributed by atoms with Gasteiger partial charge in [-0.25, -0.2) is 0 Å². The molecule has 0 radical (unpaired) electrons. The third kappa shape index (κ3) is 4.85. The van der Waals surface area contributed by atoms with Crippen molar-refractivity contribution in [2.75, 3.05) is 32.1 Å². The molecule has 1 fully saturated rings. The summed E-state index contributed by atoms with van der Waals surface area (Å²) in [6, 6.07) is 9.02. The fraction of sp³-hybridized carbons (Fsp3) is 0.500. The van der Waals surface area contributed by atoms with Gasteiger partial charge in [0.2, 0.25) is 5.91 Å². The van der Waals surface area contributed by atoms with Gasteiger partial charge in [-0.15, -0.1) is 0 Å². The lowest BCUT2D eigenvalue weighted by molar-refractivity contribution is -0.116. The number of nitrogens with zero attached hydrogens (tertiary/aromatic N) is 2. The first-order valence-corrected chi connectivity index (χ1v) is 7.26. The number of carbonyl (C=O) groups is 1. The van der Waals surface area contributed by atoms with Gasteiger partial charge in [0.15, 0.2) is 0 Å². The molecule has 0 unspecified atom stereocenters. The summed E-state index contributed by atoms with van der Waals surface area (Å²) in [4.78, 5) is 14.2. The number of hydrogen-bond acceptors (Lipinski definition) is 4. The molecule has 1 saturated heterocycles. The lowest BCUT2D eigenvalue weighted by Crippen LogP contribution is -2.38. The second-order valence-electron chi connectivity index (χ2n) is 5.27. The number of amides is 1. The van der Waals surface area contributed by atoms with Crippen molar-refractivity contribution in [2.24, 2.45) is 0 Å². The zero-order valence-electron chi connectivity index (χ0n) is 12.3. The van der Waals surface area contributed by atoms with Gasteiger partial charge >= 0.3 is 0 Å². The topological polar surface area (TPSA) is 65.4 Å². The number of rotatable bonds is 5. The highest BCUT2D eigenvalue weighted by Gasteiger charge is 2.18. The van der Waals surface area contributed by atoms with Crippen LogP contribution >= 0.6 is 0 Å². The molecule has 1 aromatic rings. The van der Waals surface area contributed by atoms with Crippen LogP contribution in [0.3, 0.4) is 0 Å². The minimum atomic E-state index is -0.0149. The summed E-state index contributed by atoms with van der Waals surface area (Å²) < 4.78 is 5.33. The van der Waals surface area contributed by atoms with Gasteiger partial charge in [-0.3, -0.25) is 4.79 Å². The van der Waals surface area contributed by atoms with Crippen LogP contribution in [0.5, 0.6) is 0 Å². The number of anilines is 1. The number of ether oxygens (including phenoxy) is 1. The van der Waals surface area contributed by atoms with E-state index in [2.05, 4.69) is 16.3 Å². The lowest BCUT2D eigenvalue weighted by atomic mass is 10.1. The number of nitriles is 1. The average molecular weight is 287 g/mol. The predicted molar refractivity (Wildman–Crippen MR) is 80.9 cm³/mol. The SMILES string of the molecule is COC1CCN(CCC(=O)Nc2cccc(C#N)c2)CC1. The van der Waals surface area contributed by atoms with E-state index in [-0.39, 0.29) is 5.91 Å². The predicted octanol–water partition coefficient (Wildman–Crippen LogP) is 2.00. The molecule has 0 aromatic heterocycles. The minimum absolute atomic E-state index is 0.0149. The molecule has 0 atom stereocenters. The van der Waals surface area contributed by atoms with Crippen LogP contribution in [0.4, 0.5) is 5.69 Å². The van der Waals surface area contributed by atoms with Crippen LogP contribution in [-0.4, -0.2) is 43.7 Å². The molecule has 0 spiro atoms. The van der Waals surface area contributed by atoms with Crippen molar-refractivity contribution in [3.63, 3.8) is 0 Å². The first-order chi connectivity index (χ1) is 10.2. The van der Waals surface area contributed by atoms with Gasteiger partial charge in [0, 0.05) is 38.9 Å². The minimum Gasteiger partial charge on any atom is -0.381 e. The van der Waals surface area contributed by atoms with Gasteiger partial charge in [0.25, 0.3) is 0 Å². The van der Waals surface area contributed by atoms with E-state index in [4.69, 9.17) is 10.00 Å². The summed E-state index contributed by atoms with van der Waals surface area (Å²) in [6.45, 7) is 2.73. The van der Waals surface area contributed by atoms with Crippen LogP contribution in [0.15, 0.2) is 24.3 Å². The van der Waals surface area contributed by atoms with Crippen molar-refractivity contribution in [3.8, 4) is 6.07 Å². The number of benzene rings is 1. The van der Waals surface area contributed by atoms with Crippen molar-refractivity contribution >= 4 is 11.6 Å². The quantitative estimate of drug-likeness (QED) is 0.899. The van der Waals surface area contributed by atoms with Crippen molar-refractivity contribution < 1.29 is 9.53 Å². The standard InChI is InChI=1S/C16H21N3O2/c1-21-15-5-8-19(9-6-15)10-7-16(20)18-14-4-2-3-13(11-14)12-17/h2-4,11,15H,5-10H2,1H3,(H,18,20). The normalized spacial score (nSPS) is 16.4. The monoisotopic (exact) mass is 287 g/mol. The largest absolute Gasteiger partial charge is 0.381 e. The Morgan fingerprint density at radius 3 is 2.90 bits per heavy atom. The number of piperidine rings is 1. The third-order valence-corrected chi connectivity index (χ3v) is 3.80. The molecule has 1 amide bonds. The van der Waals surface area contributed by atoms with Crippen molar-refractivity contribution in [1.29, 1.82) is 5.26 Å². The molecule has 0 aliphatic carbocycles. The van der Waals surface area contributed by atoms with Crippen molar-refractivity contribution in [3.05, 3.63) is 29.8 Å². The molecule has 5 heteroatoms. The highest BCUT2D eigenvalue weighted by Crippen LogP contribution is 2.14. The molecule has 1 aliphatic rings. The fourth-order valence-corrected chi connectivity index (χ4v) is 2.52. The Kier molecular flexibility index (Phi) is 5.73. The maximum Gasteiger partial charge on any atom is 0.225 e. The Morgan fingerprint density at radius 2 is 2.24 bits per heavy atom. The molecule has 1 aromatic carbocycles. The summed E-state index contributed by atoms with van der Waals surface area (Å²) in [5, 5.41) is 11.7. The van der Waals surface area contributed by atoms with E-state index in [1.807, 2.05) is 0 Å². The number of nitrogens with one attached hydrogen (secondary N) is 1. The Hall–Kier alpha value is -1.90. The summed E-state index contributed by atoms with van der Waals surface area (Å²) >= 11 is 0. The van der Waals surface area contributed by atoms with E-state index in [0.717, 1.165) is 32.5 Å². The van der Waals surface area contributed by atoms with E-state index in [0.29, 0.717) is 23.8 Å². The highest BCUT2D eigenvalue weighted by atomic mass is 16.5. The van der Waals surface area contributed by atoms with E-state index < -0.39 is 0 Å². The molecule has 5 nitrogen and oxygen atoms in total. The van der Waals surface area contributed by atoms with E-state index in [1.165, 1.54) is 0 Å². The van der Waals surface area contributed by atoms with E-state index in [9.17, 15) is 4.79 Å². The lowest BCUT2D eigenvalue weighted by Gasteiger charge is -2.30. The summed E-state index contributed by atoms with van der Waals surface area (Å²) in [5.74, 6) is -0.0149. The average Bonchev–Trinajstić information content (AvgIpc) is 2.53. The zero-order valence-corrected chi connectivity index (χ0v) is 12.3. The fourth-order valence-electron chi connectivity index (χ4n) is 2.52. The van der Waals surface area contributed by atoms with E-state index >= 15 is 0 Å². The van der Waals surface area contributed by atoms with E-state index in [1.54, 1.807) is 31.4 Å². The zero-order chi connectivity index (χ0) is 15.1. The summed E-state index contributed by atoms with van der Waals surface area (Å²) in [5.41, 5.74) is 1.23. The van der Waals surface area contributed by atoms with Crippen LogP contribution in [0, 0.1) is 11.3 Å². The van der Waals surface area contributed by atoms with Gasteiger partial charge in [0.05, 0.1) is 17.7 Å². The van der Waals surface area contributed by atoms with Crippen LogP contribution in [0.25, 0.3) is 0 Å². The van der Waals surface area contributed by atoms with Gasteiger partial charge in [-0.2, -0.15) is 5.26 Å². The molecule has 1 heterocycles.